The maximum atomic E-state index is 13.5. The largest absolute Gasteiger partial charge is 0.496 e. The first kappa shape index (κ1) is 14.3. The molecule has 3 atom stereocenters. The van der Waals surface area contributed by atoms with Gasteiger partial charge in [-0.15, -0.1) is 0 Å². The Labute approximate surface area is 115 Å². The SMILES string of the molecule is COc1ccc(F)cc1C(CN)C1CCCCC1C. The van der Waals surface area contributed by atoms with E-state index >= 15 is 0 Å². The molecule has 0 aromatic heterocycles. The lowest BCUT2D eigenvalue weighted by Crippen LogP contribution is -2.29. The number of hydrogen-bond acceptors (Lipinski definition) is 2. The van der Waals surface area contributed by atoms with Gasteiger partial charge in [0.05, 0.1) is 7.11 Å². The van der Waals surface area contributed by atoms with Crippen molar-refractivity contribution in [2.45, 2.75) is 38.5 Å². The van der Waals surface area contributed by atoms with Crippen molar-refractivity contribution in [3.63, 3.8) is 0 Å². The predicted octanol–water partition coefficient (Wildman–Crippen LogP) is 3.70. The summed E-state index contributed by atoms with van der Waals surface area (Å²) in [5.41, 5.74) is 6.93. The van der Waals surface area contributed by atoms with E-state index in [1.165, 1.54) is 31.7 Å². The molecule has 1 aromatic carbocycles. The zero-order chi connectivity index (χ0) is 13.8. The highest BCUT2D eigenvalue weighted by Crippen LogP contribution is 2.42. The minimum Gasteiger partial charge on any atom is -0.496 e. The molecule has 0 amide bonds. The first-order chi connectivity index (χ1) is 9.17. The normalized spacial score (nSPS) is 25.1. The van der Waals surface area contributed by atoms with Crippen molar-refractivity contribution in [3.05, 3.63) is 29.6 Å². The smallest absolute Gasteiger partial charge is 0.123 e. The van der Waals surface area contributed by atoms with Gasteiger partial charge in [-0.25, -0.2) is 4.39 Å². The van der Waals surface area contributed by atoms with Crippen molar-refractivity contribution >= 4 is 0 Å². The van der Waals surface area contributed by atoms with Crippen LogP contribution in [-0.4, -0.2) is 13.7 Å². The lowest BCUT2D eigenvalue weighted by Gasteiger charge is -2.35. The fraction of sp³-hybridized carbons (Fsp3) is 0.625. The van der Waals surface area contributed by atoms with Gasteiger partial charge in [-0.3, -0.25) is 0 Å². The van der Waals surface area contributed by atoms with Crippen LogP contribution in [0.5, 0.6) is 5.75 Å². The van der Waals surface area contributed by atoms with Crippen molar-refractivity contribution in [2.24, 2.45) is 17.6 Å². The number of hydrogen-bond donors (Lipinski definition) is 1. The summed E-state index contributed by atoms with van der Waals surface area (Å²) in [6, 6.07) is 4.75. The molecule has 0 aliphatic heterocycles. The van der Waals surface area contributed by atoms with Crippen LogP contribution in [0.25, 0.3) is 0 Å². The van der Waals surface area contributed by atoms with Crippen LogP contribution in [0.4, 0.5) is 4.39 Å². The Bertz CT molecular complexity index is 421. The van der Waals surface area contributed by atoms with Crippen LogP contribution < -0.4 is 10.5 Å². The molecule has 2 N–H and O–H groups in total. The van der Waals surface area contributed by atoms with E-state index in [0.717, 1.165) is 11.3 Å². The number of ether oxygens (including phenoxy) is 1. The van der Waals surface area contributed by atoms with Gasteiger partial charge in [0.25, 0.3) is 0 Å². The zero-order valence-electron chi connectivity index (χ0n) is 11.9. The number of rotatable bonds is 4. The molecule has 0 saturated heterocycles. The molecule has 3 heteroatoms. The average Bonchev–Trinajstić information content (AvgIpc) is 2.42. The summed E-state index contributed by atoms with van der Waals surface area (Å²) in [7, 11) is 1.63. The second-order valence-electron chi connectivity index (χ2n) is 5.65. The van der Waals surface area contributed by atoms with Gasteiger partial charge in [0.2, 0.25) is 0 Å². The summed E-state index contributed by atoms with van der Waals surface area (Å²) in [4.78, 5) is 0. The Balaban J connectivity index is 2.32. The molecule has 19 heavy (non-hydrogen) atoms. The minimum absolute atomic E-state index is 0.195. The summed E-state index contributed by atoms with van der Waals surface area (Å²) in [6.07, 6.45) is 4.99. The van der Waals surface area contributed by atoms with E-state index in [1.807, 2.05) is 0 Å². The van der Waals surface area contributed by atoms with Crippen LogP contribution >= 0.6 is 0 Å². The Morgan fingerprint density at radius 1 is 1.37 bits per heavy atom. The van der Waals surface area contributed by atoms with Gasteiger partial charge in [-0.05, 0) is 43.0 Å². The summed E-state index contributed by atoms with van der Waals surface area (Å²) in [5, 5.41) is 0. The van der Waals surface area contributed by atoms with E-state index < -0.39 is 0 Å². The van der Waals surface area contributed by atoms with Crippen LogP contribution in [0.1, 0.15) is 44.1 Å². The number of benzene rings is 1. The molecule has 1 fully saturated rings. The molecule has 0 radical (unpaired) electrons. The predicted molar refractivity (Wildman–Crippen MR) is 75.9 cm³/mol. The van der Waals surface area contributed by atoms with Gasteiger partial charge >= 0.3 is 0 Å². The maximum Gasteiger partial charge on any atom is 0.123 e. The molecule has 0 bridgehead atoms. The van der Waals surface area contributed by atoms with E-state index in [1.54, 1.807) is 19.2 Å². The highest BCUT2D eigenvalue weighted by molar-refractivity contribution is 5.37. The standard InChI is InChI=1S/C16H24FNO/c1-11-5-3-4-6-13(11)15(10-18)14-9-12(17)7-8-16(14)19-2/h7-9,11,13,15H,3-6,10,18H2,1-2H3. The summed E-state index contributed by atoms with van der Waals surface area (Å²) >= 11 is 0. The molecule has 1 aromatic rings. The molecular formula is C16H24FNO. The molecule has 0 heterocycles. The highest BCUT2D eigenvalue weighted by Gasteiger charge is 2.31. The summed E-state index contributed by atoms with van der Waals surface area (Å²) in [5.74, 6) is 1.93. The molecule has 3 unspecified atom stereocenters. The first-order valence-electron chi connectivity index (χ1n) is 7.21. The number of methoxy groups -OCH3 is 1. The fourth-order valence-corrected chi connectivity index (χ4v) is 3.47. The van der Waals surface area contributed by atoms with Crippen LogP contribution in [0.15, 0.2) is 18.2 Å². The van der Waals surface area contributed by atoms with E-state index in [2.05, 4.69) is 6.92 Å². The van der Waals surface area contributed by atoms with Crippen LogP contribution in [-0.2, 0) is 0 Å². The third-order valence-corrected chi connectivity index (χ3v) is 4.54. The van der Waals surface area contributed by atoms with Crippen LogP contribution in [0, 0.1) is 17.7 Å². The fourth-order valence-electron chi connectivity index (χ4n) is 3.47. The molecule has 1 saturated carbocycles. The molecule has 106 valence electrons. The third kappa shape index (κ3) is 3.08. The Hall–Kier alpha value is -1.09. The summed E-state index contributed by atoms with van der Waals surface area (Å²) < 4.78 is 18.9. The second-order valence-corrected chi connectivity index (χ2v) is 5.65. The van der Waals surface area contributed by atoms with Gasteiger partial charge in [-0.2, -0.15) is 0 Å². The summed E-state index contributed by atoms with van der Waals surface area (Å²) in [6.45, 7) is 2.84. The van der Waals surface area contributed by atoms with Gasteiger partial charge in [0, 0.05) is 11.5 Å². The van der Waals surface area contributed by atoms with Crippen molar-refractivity contribution < 1.29 is 9.13 Å². The third-order valence-electron chi connectivity index (χ3n) is 4.54. The molecule has 2 nitrogen and oxygen atoms in total. The molecule has 2 rings (SSSR count). The quantitative estimate of drug-likeness (QED) is 0.901. The number of nitrogens with two attached hydrogens (primary N) is 1. The topological polar surface area (TPSA) is 35.2 Å². The Morgan fingerprint density at radius 2 is 2.11 bits per heavy atom. The van der Waals surface area contributed by atoms with Crippen molar-refractivity contribution in [1.29, 1.82) is 0 Å². The Morgan fingerprint density at radius 3 is 2.74 bits per heavy atom. The van der Waals surface area contributed by atoms with Gasteiger partial charge < -0.3 is 10.5 Å². The molecular weight excluding hydrogens is 241 g/mol. The molecule has 0 spiro atoms. The molecule has 1 aliphatic rings. The van der Waals surface area contributed by atoms with Gasteiger partial charge in [-0.1, -0.05) is 26.2 Å². The van der Waals surface area contributed by atoms with Gasteiger partial charge in [0.1, 0.15) is 11.6 Å². The van der Waals surface area contributed by atoms with E-state index in [0.29, 0.717) is 18.4 Å². The lowest BCUT2D eigenvalue weighted by atomic mass is 9.71. The van der Waals surface area contributed by atoms with Crippen molar-refractivity contribution in [3.8, 4) is 5.75 Å². The molecule has 1 aliphatic carbocycles. The first-order valence-corrected chi connectivity index (χ1v) is 7.21. The van der Waals surface area contributed by atoms with Gasteiger partial charge in [0.15, 0.2) is 0 Å². The minimum atomic E-state index is -0.210. The van der Waals surface area contributed by atoms with E-state index in [9.17, 15) is 4.39 Å². The van der Waals surface area contributed by atoms with Crippen molar-refractivity contribution in [2.75, 3.05) is 13.7 Å². The average molecular weight is 265 g/mol. The lowest BCUT2D eigenvalue weighted by molar-refractivity contribution is 0.216. The second kappa shape index (κ2) is 6.38. The number of halogens is 1. The van der Waals surface area contributed by atoms with Crippen molar-refractivity contribution in [1.82, 2.24) is 0 Å². The van der Waals surface area contributed by atoms with E-state index in [-0.39, 0.29) is 11.7 Å². The Kier molecular flexibility index (Phi) is 4.81. The van der Waals surface area contributed by atoms with E-state index in [4.69, 9.17) is 10.5 Å². The highest BCUT2D eigenvalue weighted by atomic mass is 19.1. The zero-order valence-corrected chi connectivity index (χ0v) is 11.9. The van der Waals surface area contributed by atoms with Crippen LogP contribution in [0.2, 0.25) is 0 Å². The monoisotopic (exact) mass is 265 g/mol. The maximum absolute atomic E-state index is 13.5. The van der Waals surface area contributed by atoms with Crippen LogP contribution in [0.3, 0.4) is 0 Å².